The molecule has 0 aromatic carbocycles. The van der Waals surface area contributed by atoms with Crippen molar-refractivity contribution in [2.24, 2.45) is 0 Å². The zero-order chi connectivity index (χ0) is 14.0. The molecule has 0 radical (unpaired) electrons. The van der Waals surface area contributed by atoms with Gasteiger partial charge in [0.1, 0.15) is 22.4 Å². The fraction of sp³-hybridized carbons (Fsp3) is 0.538. The van der Waals surface area contributed by atoms with E-state index in [-0.39, 0.29) is 5.54 Å². The fourth-order valence-corrected chi connectivity index (χ4v) is 4.03. The lowest BCUT2D eigenvalue weighted by molar-refractivity contribution is 0.436. The number of aromatic nitrogens is 4. The molecule has 2 N–H and O–H groups in total. The molecular weight excluding hydrogens is 272 g/mol. The smallest absolute Gasteiger partial charge is 0.181 e. The number of H-pyrrole nitrogens is 1. The first kappa shape index (κ1) is 13.3. The molecular formula is C13H16N6S. The van der Waals surface area contributed by atoms with Gasteiger partial charge in [-0.25, -0.2) is 15.0 Å². The predicted molar refractivity (Wildman–Crippen MR) is 77.2 cm³/mol. The number of nitrogens with zero attached hydrogens (tertiary/aromatic N) is 4. The number of hydrogen-bond acceptors (Lipinski definition) is 6. The van der Waals surface area contributed by atoms with Gasteiger partial charge >= 0.3 is 0 Å². The first-order valence-corrected chi connectivity index (χ1v) is 7.61. The van der Waals surface area contributed by atoms with E-state index in [9.17, 15) is 5.26 Å². The molecule has 2 unspecified atom stereocenters. The van der Waals surface area contributed by atoms with Crippen LogP contribution < -0.4 is 5.32 Å². The molecule has 6 nitrogen and oxygen atoms in total. The van der Waals surface area contributed by atoms with Gasteiger partial charge < -0.3 is 4.98 Å². The lowest BCUT2D eigenvalue weighted by atomic mass is 10.0. The summed E-state index contributed by atoms with van der Waals surface area (Å²) in [5.41, 5.74) is 1.21. The van der Waals surface area contributed by atoms with Crippen molar-refractivity contribution in [2.75, 3.05) is 6.54 Å². The molecule has 104 valence electrons. The highest BCUT2D eigenvalue weighted by atomic mass is 32.2. The van der Waals surface area contributed by atoms with Gasteiger partial charge in [-0.15, -0.1) is 11.8 Å². The molecule has 0 spiro atoms. The molecule has 0 amide bonds. The van der Waals surface area contributed by atoms with Crippen molar-refractivity contribution in [3.8, 4) is 6.07 Å². The maximum Gasteiger partial charge on any atom is 0.181 e. The van der Waals surface area contributed by atoms with Crippen molar-refractivity contribution in [3.05, 3.63) is 12.7 Å². The molecule has 1 fully saturated rings. The summed E-state index contributed by atoms with van der Waals surface area (Å²) in [7, 11) is 0. The van der Waals surface area contributed by atoms with Gasteiger partial charge in [-0.2, -0.15) is 5.26 Å². The molecule has 7 heteroatoms. The van der Waals surface area contributed by atoms with Crippen LogP contribution in [-0.4, -0.2) is 37.3 Å². The second-order valence-electron chi connectivity index (χ2n) is 4.99. The van der Waals surface area contributed by atoms with Crippen molar-refractivity contribution in [1.82, 2.24) is 25.3 Å². The number of fused-ring (bicyclic) bond motifs is 1. The quantitative estimate of drug-likeness (QED) is 0.835. The summed E-state index contributed by atoms with van der Waals surface area (Å²) in [4.78, 5) is 15.7. The Morgan fingerprint density at radius 3 is 3.25 bits per heavy atom. The number of nitrogens with one attached hydrogen (secondary N) is 2. The Hall–Kier alpha value is -1.65. The number of hydrogen-bond donors (Lipinski definition) is 2. The first-order valence-electron chi connectivity index (χ1n) is 6.73. The molecule has 2 atom stereocenters. The lowest BCUT2D eigenvalue weighted by Crippen LogP contribution is -2.41. The van der Waals surface area contributed by atoms with E-state index in [1.807, 2.05) is 6.92 Å². The van der Waals surface area contributed by atoms with Crippen molar-refractivity contribution in [2.45, 2.75) is 42.0 Å². The van der Waals surface area contributed by atoms with Crippen molar-refractivity contribution in [3.63, 3.8) is 0 Å². The van der Waals surface area contributed by atoms with Crippen molar-refractivity contribution in [1.29, 1.82) is 5.26 Å². The van der Waals surface area contributed by atoms with Crippen LogP contribution in [0.3, 0.4) is 0 Å². The van der Waals surface area contributed by atoms with E-state index in [4.69, 9.17) is 0 Å². The molecule has 2 heterocycles. The maximum absolute atomic E-state index is 9.41. The molecule has 1 saturated carbocycles. The van der Waals surface area contributed by atoms with Crippen LogP contribution in [0.15, 0.2) is 17.7 Å². The Bertz CT molecular complexity index is 648. The van der Waals surface area contributed by atoms with Crippen LogP contribution in [0.4, 0.5) is 0 Å². The average Bonchev–Trinajstić information content (AvgIpc) is 3.07. The summed E-state index contributed by atoms with van der Waals surface area (Å²) in [5, 5.41) is 14.1. The summed E-state index contributed by atoms with van der Waals surface area (Å²) < 4.78 is 0. The van der Waals surface area contributed by atoms with E-state index in [1.165, 1.54) is 0 Å². The second kappa shape index (κ2) is 5.38. The highest BCUT2D eigenvalue weighted by Crippen LogP contribution is 2.40. The Kier molecular flexibility index (Phi) is 3.59. The number of aromatic amines is 1. The molecule has 1 aliphatic rings. The van der Waals surface area contributed by atoms with Crippen LogP contribution in [0.5, 0.6) is 0 Å². The molecule has 20 heavy (non-hydrogen) atoms. The normalized spacial score (nSPS) is 25.9. The zero-order valence-corrected chi connectivity index (χ0v) is 12.1. The molecule has 3 rings (SSSR count). The van der Waals surface area contributed by atoms with Gasteiger partial charge in [0, 0.05) is 5.25 Å². The maximum atomic E-state index is 9.41. The largest absolute Gasteiger partial charge is 0.341 e. The molecule has 2 aromatic rings. The minimum atomic E-state index is -0.369. The van der Waals surface area contributed by atoms with Crippen LogP contribution in [0.25, 0.3) is 11.2 Å². The minimum Gasteiger partial charge on any atom is -0.341 e. The van der Waals surface area contributed by atoms with Gasteiger partial charge in [0.15, 0.2) is 5.65 Å². The molecule has 0 aliphatic heterocycles. The highest BCUT2D eigenvalue weighted by Gasteiger charge is 2.39. The summed E-state index contributed by atoms with van der Waals surface area (Å²) in [5.74, 6) is 0. The third-order valence-corrected chi connectivity index (χ3v) is 4.93. The monoisotopic (exact) mass is 288 g/mol. The second-order valence-corrected chi connectivity index (χ2v) is 6.28. The third-order valence-electron chi connectivity index (χ3n) is 3.66. The lowest BCUT2D eigenvalue weighted by Gasteiger charge is -2.21. The third kappa shape index (κ3) is 2.37. The first-order chi connectivity index (χ1) is 9.76. The van der Waals surface area contributed by atoms with Crippen LogP contribution in [0, 0.1) is 11.3 Å². The average molecular weight is 288 g/mol. The fourth-order valence-electron chi connectivity index (χ4n) is 2.73. The molecule has 1 aliphatic carbocycles. The summed E-state index contributed by atoms with van der Waals surface area (Å²) in [6.45, 7) is 2.86. The van der Waals surface area contributed by atoms with Crippen molar-refractivity contribution >= 4 is 22.9 Å². The predicted octanol–water partition coefficient (Wildman–Crippen LogP) is 1.87. The number of imidazole rings is 1. The van der Waals surface area contributed by atoms with Crippen LogP contribution in [0.1, 0.15) is 26.2 Å². The minimum absolute atomic E-state index is 0.369. The van der Waals surface area contributed by atoms with E-state index in [0.717, 1.165) is 36.3 Å². The highest BCUT2D eigenvalue weighted by molar-refractivity contribution is 8.00. The van der Waals surface area contributed by atoms with E-state index < -0.39 is 0 Å². The Morgan fingerprint density at radius 2 is 2.45 bits per heavy atom. The van der Waals surface area contributed by atoms with E-state index in [0.29, 0.717) is 10.9 Å². The van der Waals surface area contributed by atoms with Crippen molar-refractivity contribution < 1.29 is 0 Å². The topological polar surface area (TPSA) is 90.3 Å². The standard InChI is InChI=1S/C13H16N6S/c1-2-19-13(6-14)4-3-9(5-13)20-12-10-11(16-7-15-10)17-8-18-12/h7-9,19H,2-5H2,1H3,(H,15,16,17,18). The Morgan fingerprint density at radius 1 is 1.55 bits per heavy atom. The number of rotatable bonds is 4. The van der Waals surface area contributed by atoms with Gasteiger partial charge in [-0.05, 0) is 25.8 Å². The van der Waals surface area contributed by atoms with E-state index >= 15 is 0 Å². The van der Waals surface area contributed by atoms with Crippen LogP contribution >= 0.6 is 11.8 Å². The molecule has 0 saturated heterocycles. The van der Waals surface area contributed by atoms with E-state index in [1.54, 1.807) is 24.4 Å². The summed E-state index contributed by atoms with van der Waals surface area (Å²) in [6, 6.07) is 2.45. The summed E-state index contributed by atoms with van der Waals surface area (Å²) >= 11 is 1.72. The van der Waals surface area contributed by atoms with Gasteiger partial charge in [0.25, 0.3) is 0 Å². The van der Waals surface area contributed by atoms with E-state index in [2.05, 4.69) is 31.3 Å². The zero-order valence-electron chi connectivity index (χ0n) is 11.3. The van der Waals surface area contributed by atoms with Crippen LogP contribution in [0.2, 0.25) is 0 Å². The Balaban J connectivity index is 1.77. The molecule has 0 bridgehead atoms. The van der Waals surface area contributed by atoms with Gasteiger partial charge in [0.2, 0.25) is 0 Å². The number of nitriles is 1. The van der Waals surface area contributed by atoms with Crippen LogP contribution in [-0.2, 0) is 0 Å². The van der Waals surface area contributed by atoms with Gasteiger partial charge in [0.05, 0.1) is 12.4 Å². The SMILES string of the molecule is CCNC1(C#N)CCC(Sc2ncnc3nc[nH]c23)C1. The van der Waals surface area contributed by atoms with Gasteiger partial charge in [-0.1, -0.05) is 6.92 Å². The Labute approximate surface area is 121 Å². The summed E-state index contributed by atoms with van der Waals surface area (Å²) in [6.07, 6.45) is 5.94. The van der Waals surface area contributed by atoms with Gasteiger partial charge in [-0.3, -0.25) is 5.32 Å². The molecule has 2 aromatic heterocycles. The number of thioether (sulfide) groups is 1.